The van der Waals surface area contributed by atoms with Crippen molar-refractivity contribution < 1.29 is 9.53 Å². The number of hydrogen-bond acceptors (Lipinski definition) is 3. The normalized spacial score (nSPS) is 19.6. The first-order valence-corrected chi connectivity index (χ1v) is 6.99. The predicted molar refractivity (Wildman–Crippen MR) is 81.4 cm³/mol. The van der Waals surface area contributed by atoms with E-state index >= 15 is 0 Å². The van der Waals surface area contributed by atoms with Crippen molar-refractivity contribution in [1.82, 2.24) is 0 Å². The summed E-state index contributed by atoms with van der Waals surface area (Å²) in [6.07, 6.45) is 0.405. The van der Waals surface area contributed by atoms with Gasteiger partial charge >= 0.3 is 0 Å². The number of anilines is 1. The van der Waals surface area contributed by atoms with Gasteiger partial charge in [0.25, 0.3) is 0 Å². The van der Waals surface area contributed by atoms with E-state index in [4.69, 9.17) is 10.5 Å². The van der Waals surface area contributed by atoms with Crippen molar-refractivity contribution in [3.63, 3.8) is 0 Å². The van der Waals surface area contributed by atoms with Gasteiger partial charge in [-0.05, 0) is 24.0 Å². The van der Waals surface area contributed by atoms with Gasteiger partial charge in [0.2, 0.25) is 5.91 Å². The molecule has 1 amide bonds. The summed E-state index contributed by atoms with van der Waals surface area (Å²) < 4.78 is 5.62. The van der Waals surface area contributed by atoms with Gasteiger partial charge < -0.3 is 15.4 Å². The Bertz CT molecular complexity index is 532. The van der Waals surface area contributed by atoms with Crippen LogP contribution in [0.15, 0.2) is 12.1 Å². The summed E-state index contributed by atoms with van der Waals surface area (Å²) in [4.78, 5) is 13.9. The Kier molecular flexibility index (Phi) is 3.78. The monoisotopic (exact) mass is 276 g/mol. The summed E-state index contributed by atoms with van der Waals surface area (Å²) in [6.45, 7) is 9.03. The molecule has 20 heavy (non-hydrogen) atoms. The molecule has 4 heteroatoms. The zero-order chi connectivity index (χ0) is 15.1. The van der Waals surface area contributed by atoms with Gasteiger partial charge in [0.15, 0.2) is 0 Å². The summed E-state index contributed by atoms with van der Waals surface area (Å²) in [6, 6.07) is 4.04. The highest BCUT2D eigenvalue weighted by atomic mass is 16.5. The van der Waals surface area contributed by atoms with Crippen LogP contribution in [0.5, 0.6) is 5.75 Å². The largest absolute Gasteiger partial charge is 0.494 e. The van der Waals surface area contributed by atoms with Gasteiger partial charge in [0.1, 0.15) is 5.75 Å². The van der Waals surface area contributed by atoms with E-state index in [-0.39, 0.29) is 17.4 Å². The molecule has 0 bridgehead atoms. The van der Waals surface area contributed by atoms with Crippen molar-refractivity contribution in [2.24, 2.45) is 5.73 Å². The average molecular weight is 276 g/mol. The number of amides is 1. The van der Waals surface area contributed by atoms with E-state index in [1.165, 1.54) is 0 Å². The second-order valence-corrected chi connectivity index (χ2v) is 6.58. The van der Waals surface area contributed by atoms with Gasteiger partial charge in [-0.3, -0.25) is 4.79 Å². The quantitative estimate of drug-likeness (QED) is 0.902. The van der Waals surface area contributed by atoms with E-state index in [1.54, 1.807) is 12.0 Å². The van der Waals surface area contributed by atoms with Crippen molar-refractivity contribution in [3.8, 4) is 5.75 Å². The molecule has 1 aromatic carbocycles. The van der Waals surface area contributed by atoms with E-state index < -0.39 is 0 Å². The molecular formula is C16H24N2O2. The molecule has 0 saturated carbocycles. The molecule has 0 aliphatic carbocycles. The third kappa shape index (κ3) is 2.66. The van der Waals surface area contributed by atoms with Crippen molar-refractivity contribution in [2.45, 2.75) is 45.6 Å². The molecule has 1 atom stereocenters. The molecule has 1 unspecified atom stereocenters. The molecule has 2 N–H and O–H groups in total. The Labute approximate surface area is 120 Å². The van der Waals surface area contributed by atoms with E-state index in [1.807, 2.05) is 13.0 Å². The number of carbonyl (C=O) groups excluding carboxylic acids is 1. The van der Waals surface area contributed by atoms with Gasteiger partial charge in [-0.1, -0.05) is 26.8 Å². The molecule has 1 aliphatic heterocycles. The molecule has 0 radical (unpaired) electrons. The van der Waals surface area contributed by atoms with Crippen molar-refractivity contribution >= 4 is 11.6 Å². The number of methoxy groups -OCH3 is 1. The highest BCUT2D eigenvalue weighted by molar-refractivity contribution is 5.98. The first-order chi connectivity index (χ1) is 9.24. The first kappa shape index (κ1) is 14.9. The maximum absolute atomic E-state index is 12.1. The first-order valence-electron chi connectivity index (χ1n) is 6.99. The van der Waals surface area contributed by atoms with E-state index in [2.05, 4.69) is 26.8 Å². The van der Waals surface area contributed by atoms with E-state index in [0.717, 1.165) is 22.6 Å². The number of carbonyl (C=O) groups is 1. The maximum atomic E-state index is 12.1. The van der Waals surface area contributed by atoms with Crippen LogP contribution in [-0.2, 0) is 10.2 Å². The van der Waals surface area contributed by atoms with Gasteiger partial charge in [-0.15, -0.1) is 0 Å². The smallest absolute Gasteiger partial charge is 0.228 e. The Morgan fingerprint density at radius 2 is 2.00 bits per heavy atom. The second kappa shape index (κ2) is 5.09. The molecule has 110 valence electrons. The molecule has 0 aromatic heterocycles. The number of ether oxygens (including phenoxy) is 1. The molecule has 1 aliphatic rings. The van der Waals surface area contributed by atoms with Crippen molar-refractivity contribution in [2.75, 3.05) is 18.6 Å². The van der Waals surface area contributed by atoms with Crippen LogP contribution in [0.4, 0.5) is 5.69 Å². The summed E-state index contributed by atoms with van der Waals surface area (Å²) in [5.41, 5.74) is 8.94. The predicted octanol–water partition coefficient (Wildman–Crippen LogP) is 2.37. The third-order valence-electron chi connectivity index (χ3n) is 3.67. The van der Waals surface area contributed by atoms with Crippen LogP contribution in [0.25, 0.3) is 0 Å². The van der Waals surface area contributed by atoms with Crippen LogP contribution < -0.4 is 15.4 Å². The minimum absolute atomic E-state index is 0.0446. The van der Waals surface area contributed by atoms with Crippen LogP contribution in [0.3, 0.4) is 0 Å². The fourth-order valence-electron chi connectivity index (χ4n) is 2.69. The Morgan fingerprint density at radius 3 is 2.45 bits per heavy atom. The zero-order valence-electron chi connectivity index (χ0n) is 13.0. The standard InChI is InChI=1S/C16H24N2O2/c1-10-6-12(16(2,3)4)15(20-5)13(7-10)18-9-11(17)8-14(18)19/h6-7,11H,8-9,17H2,1-5H3. The Balaban J connectivity index is 2.58. The molecule has 0 spiro atoms. The molecule has 1 saturated heterocycles. The number of aryl methyl sites for hydroxylation is 1. The molecule has 4 nitrogen and oxygen atoms in total. The fourth-order valence-corrected chi connectivity index (χ4v) is 2.69. The SMILES string of the molecule is COc1c(N2CC(N)CC2=O)cc(C)cc1C(C)(C)C. The average Bonchev–Trinajstić information content (AvgIpc) is 2.66. The Hall–Kier alpha value is -1.55. The number of nitrogens with two attached hydrogens (primary N) is 1. The Morgan fingerprint density at radius 1 is 1.35 bits per heavy atom. The van der Waals surface area contributed by atoms with Gasteiger partial charge in [0.05, 0.1) is 12.8 Å². The van der Waals surface area contributed by atoms with Crippen LogP contribution in [-0.4, -0.2) is 25.6 Å². The minimum Gasteiger partial charge on any atom is -0.494 e. The molecule has 2 rings (SSSR count). The number of nitrogens with zero attached hydrogens (tertiary/aromatic N) is 1. The van der Waals surface area contributed by atoms with Crippen LogP contribution in [0.1, 0.15) is 38.3 Å². The lowest BCUT2D eigenvalue weighted by atomic mass is 9.85. The lowest BCUT2D eigenvalue weighted by Crippen LogP contribution is -2.29. The van der Waals surface area contributed by atoms with Crippen LogP contribution in [0, 0.1) is 6.92 Å². The van der Waals surface area contributed by atoms with Gasteiger partial charge in [-0.2, -0.15) is 0 Å². The fraction of sp³-hybridized carbons (Fsp3) is 0.562. The van der Waals surface area contributed by atoms with Crippen molar-refractivity contribution in [3.05, 3.63) is 23.3 Å². The molecule has 1 heterocycles. The molecule has 1 aromatic rings. The lowest BCUT2D eigenvalue weighted by molar-refractivity contribution is -0.117. The van der Waals surface area contributed by atoms with E-state index in [9.17, 15) is 4.79 Å². The summed E-state index contributed by atoms with van der Waals surface area (Å²) in [5, 5.41) is 0. The maximum Gasteiger partial charge on any atom is 0.228 e. The number of benzene rings is 1. The zero-order valence-corrected chi connectivity index (χ0v) is 13.0. The number of hydrogen-bond donors (Lipinski definition) is 1. The summed E-state index contributed by atoms with van der Waals surface area (Å²) in [7, 11) is 1.66. The van der Waals surface area contributed by atoms with Gasteiger partial charge in [-0.25, -0.2) is 0 Å². The molecular weight excluding hydrogens is 252 g/mol. The number of rotatable bonds is 2. The van der Waals surface area contributed by atoms with Crippen molar-refractivity contribution in [1.29, 1.82) is 0 Å². The topological polar surface area (TPSA) is 55.6 Å². The van der Waals surface area contributed by atoms with E-state index in [0.29, 0.717) is 13.0 Å². The van der Waals surface area contributed by atoms with Crippen LogP contribution in [0.2, 0.25) is 0 Å². The molecule has 1 fully saturated rings. The minimum atomic E-state index is -0.0918. The van der Waals surface area contributed by atoms with Crippen LogP contribution >= 0.6 is 0 Å². The highest BCUT2D eigenvalue weighted by Gasteiger charge is 2.32. The van der Waals surface area contributed by atoms with Gasteiger partial charge in [0, 0.05) is 24.6 Å². The summed E-state index contributed by atoms with van der Waals surface area (Å²) in [5.74, 6) is 0.854. The third-order valence-corrected chi connectivity index (χ3v) is 3.67. The summed E-state index contributed by atoms with van der Waals surface area (Å²) >= 11 is 0. The second-order valence-electron chi connectivity index (χ2n) is 6.58. The highest BCUT2D eigenvalue weighted by Crippen LogP contribution is 2.41. The lowest BCUT2D eigenvalue weighted by Gasteiger charge is -2.27.